The van der Waals surface area contributed by atoms with E-state index in [2.05, 4.69) is 11.1 Å². The van der Waals surface area contributed by atoms with Gasteiger partial charge in [-0.2, -0.15) is 0 Å². The molecule has 2 aliphatic rings. The van der Waals surface area contributed by atoms with Gasteiger partial charge in [-0.1, -0.05) is 0 Å². The van der Waals surface area contributed by atoms with Gasteiger partial charge >= 0.3 is 0 Å². The van der Waals surface area contributed by atoms with Crippen molar-refractivity contribution < 1.29 is 4.39 Å². The van der Waals surface area contributed by atoms with Crippen molar-refractivity contribution in [1.82, 2.24) is 4.98 Å². The lowest BCUT2D eigenvalue weighted by Crippen LogP contribution is -2.01. The normalized spacial score (nSPS) is 30.2. The molecule has 0 unspecified atom stereocenters. The fourth-order valence-corrected chi connectivity index (χ4v) is 2.87. The molecule has 0 N–H and O–H groups in total. The van der Waals surface area contributed by atoms with Crippen LogP contribution in [0.1, 0.15) is 24.0 Å². The van der Waals surface area contributed by atoms with Crippen LogP contribution in [0.5, 0.6) is 0 Å². The molecular weight excluding hydrogens is 201 g/mol. The molecule has 2 heteroatoms. The van der Waals surface area contributed by atoms with Gasteiger partial charge in [-0.25, -0.2) is 4.39 Å². The van der Waals surface area contributed by atoms with Crippen molar-refractivity contribution in [2.45, 2.75) is 25.2 Å². The lowest BCUT2D eigenvalue weighted by atomic mass is 9.98. The zero-order valence-corrected chi connectivity index (χ0v) is 9.13. The van der Waals surface area contributed by atoms with Gasteiger partial charge in [-0.15, -0.1) is 0 Å². The molecule has 0 amide bonds. The van der Waals surface area contributed by atoms with Crippen LogP contribution < -0.4 is 0 Å². The summed E-state index contributed by atoms with van der Waals surface area (Å²) in [4.78, 5) is 4.43. The summed E-state index contributed by atoms with van der Waals surface area (Å²) in [6, 6.07) is 5.52. The number of fused-ring (bicyclic) bond motifs is 2. The topological polar surface area (TPSA) is 12.9 Å². The predicted octanol–water partition coefficient (Wildman–Crippen LogP) is 3.34. The van der Waals surface area contributed by atoms with Gasteiger partial charge in [0, 0.05) is 22.6 Å². The summed E-state index contributed by atoms with van der Waals surface area (Å²) < 4.78 is 13.9. The van der Waals surface area contributed by atoms with Crippen LogP contribution in [0.2, 0.25) is 0 Å². The molecule has 4 rings (SSSR count). The maximum absolute atomic E-state index is 13.9. The summed E-state index contributed by atoms with van der Waals surface area (Å²) in [5.41, 5.74) is 3.08. The van der Waals surface area contributed by atoms with Crippen LogP contribution in [0.25, 0.3) is 10.9 Å². The molecule has 2 fully saturated rings. The Labute approximate surface area is 93.3 Å². The van der Waals surface area contributed by atoms with E-state index in [0.29, 0.717) is 0 Å². The fourth-order valence-electron chi connectivity index (χ4n) is 2.87. The van der Waals surface area contributed by atoms with E-state index >= 15 is 0 Å². The largest absolute Gasteiger partial charge is 0.256 e. The molecule has 0 bridgehead atoms. The molecule has 1 aromatic carbocycles. The van der Waals surface area contributed by atoms with Crippen molar-refractivity contribution in [2.24, 2.45) is 5.92 Å². The third-order valence-electron chi connectivity index (χ3n) is 4.12. The summed E-state index contributed by atoms with van der Waals surface area (Å²) in [5, 5.41) is 1.07. The van der Waals surface area contributed by atoms with Crippen LogP contribution in [0, 0.1) is 18.7 Å². The first-order valence-corrected chi connectivity index (χ1v) is 5.76. The van der Waals surface area contributed by atoms with Crippen molar-refractivity contribution in [3.8, 4) is 0 Å². The molecule has 0 saturated heterocycles. The summed E-state index contributed by atoms with van der Waals surface area (Å²) in [5.74, 6) is 0.680. The maximum atomic E-state index is 13.9. The van der Waals surface area contributed by atoms with E-state index in [0.717, 1.165) is 27.9 Å². The maximum Gasteiger partial charge on any atom is 0.129 e. The first-order valence-electron chi connectivity index (χ1n) is 5.76. The van der Waals surface area contributed by atoms with E-state index in [9.17, 15) is 4.39 Å². The van der Waals surface area contributed by atoms with Gasteiger partial charge in [-0.3, -0.25) is 4.98 Å². The smallest absolute Gasteiger partial charge is 0.129 e. The number of hydrogen-bond acceptors (Lipinski definition) is 1. The second-order valence-corrected chi connectivity index (χ2v) is 5.27. The number of benzene rings is 1. The first-order chi connectivity index (χ1) is 7.71. The summed E-state index contributed by atoms with van der Waals surface area (Å²) in [7, 11) is 0. The van der Waals surface area contributed by atoms with Gasteiger partial charge < -0.3 is 0 Å². The van der Waals surface area contributed by atoms with E-state index in [4.69, 9.17) is 0 Å². The van der Waals surface area contributed by atoms with E-state index in [1.54, 1.807) is 6.07 Å². The Morgan fingerprint density at radius 1 is 1.38 bits per heavy atom. The number of halogens is 1. The summed E-state index contributed by atoms with van der Waals surface area (Å²) in [6.45, 7) is 2.02. The van der Waals surface area contributed by atoms with Gasteiger partial charge in [0.05, 0.1) is 5.52 Å². The van der Waals surface area contributed by atoms with Gasteiger partial charge in [-0.05, 0) is 49.4 Å². The van der Waals surface area contributed by atoms with Crippen LogP contribution in [-0.2, 0) is 5.41 Å². The Hall–Kier alpha value is -1.44. The van der Waals surface area contributed by atoms with Crippen LogP contribution in [0.4, 0.5) is 4.39 Å². The van der Waals surface area contributed by atoms with E-state index in [1.165, 1.54) is 12.8 Å². The highest BCUT2D eigenvalue weighted by Crippen LogP contribution is 2.76. The zero-order valence-electron chi connectivity index (χ0n) is 9.13. The van der Waals surface area contributed by atoms with Gasteiger partial charge in [0.1, 0.15) is 5.82 Å². The van der Waals surface area contributed by atoms with Crippen molar-refractivity contribution in [3.63, 3.8) is 0 Å². The molecule has 1 heterocycles. The number of pyridine rings is 1. The molecule has 0 aliphatic heterocycles. The molecule has 2 saturated carbocycles. The van der Waals surface area contributed by atoms with Crippen LogP contribution in [0.3, 0.4) is 0 Å². The molecule has 0 atom stereocenters. The standard InChI is InChI=1S/C14H12FN/c1-8-4-9-2-3-11(15)12(13(9)16-7-8)14-5-10(14)6-14/h2-4,7,10H,5-6H2,1H3. The van der Waals surface area contributed by atoms with E-state index < -0.39 is 0 Å². The molecule has 0 spiro atoms. The molecule has 0 radical (unpaired) electrons. The van der Waals surface area contributed by atoms with Gasteiger partial charge in [0.2, 0.25) is 0 Å². The second kappa shape index (κ2) is 2.45. The van der Waals surface area contributed by atoms with Crippen LogP contribution in [0.15, 0.2) is 24.4 Å². The fraction of sp³-hybridized carbons (Fsp3) is 0.357. The number of hydrogen-bond donors (Lipinski definition) is 0. The van der Waals surface area contributed by atoms with Gasteiger partial charge in [0.25, 0.3) is 0 Å². The SMILES string of the molecule is Cc1cnc2c(C34CC3C4)c(F)ccc2c1. The second-order valence-electron chi connectivity index (χ2n) is 5.27. The molecule has 16 heavy (non-hydrogen) atoms. The summed E-state index contributed by atoms with van der Waals surface area (Å²) >= 11 is 0. The number of nitrogens with zero attached hydrogens (tertiary/aromatic N) is 1. The minimum Gasteiger partial charge on any atom is -0.256 e. The predicted molar refractivity (Wildman–Crippen MR) is 60.8 cm³/mol. The molecular formula is C14H12FN. The molecule has 1 nitrogen and oxygen atoms in total. The monoisotopic (exact) mass is 213 g/mol. The lowest BCUT2D eigenvalue weighted by Gasteiger charge is -2.10. The number of aryl methyl sites for hydroxylation is 1. The molecule has 2 aliphatic carbocycles. The Balaban J connectivity index is 2.08. The first kappa shape index (κ1) is 8.68. The summed E-state index contributed by atoms with van der Waals surface area (Å²) in [6.07, 6.45) is 4.17. The average Bonchev–Trinajstić information content (AvgIpc) is 3.07. The van der Waals surface area contributed by atoms with E-state index in [-0.39, 0.29) is 11.2 Å². The number of aromatic nitrogens is 1. The zero-order chi connectivity index (χ0) is 10.9. The third kappa shape index (κ3) is 0.927. The average molecular weight is 213 g/mol. The highest BCUT2D eigenvalue weighted by atomic mass is 19.1. The van der Waals surface area contributed by atoms with Crippen molar-refractivity contribution in [2.75, 3.05) is 0 Å². The highest BCUT2D eigenvalue weighted by molar-refractivity contribution is 5.85. The Morgan fingerprint density at radius 3 is 2.81 bits per heavy atom. The Bertz CT molecular complexity index is 611. The Kier molecular flexibility index (Phi) is 1.33. The minimum absolute atomic E-state index is 0.0659. The quantitative estimate of drug-likeness (QED) is 0.708. The Morgan fingerprint density at radius 2 is 2.12 bits per heavy atom. The highest BCUT2D eigenvalue weighted by Gasteiger charge is 2.71. The molecule has 1 aromatic heterocycles. The molecule has 80 valence electrons. The van der Waals surface area contributed by atoms with Crippen LogP contribution in [-0.4, -0.2) is 4.98 Å². The van der Waals surface area contributed by atoms with E-state index in [1.807, 2.05) is 19.2 Å². The lowest BCUT2D eigenvalue weighted by molar-refractivity contribution is 0.601. The van der Waals surface area contributed by atoms with Crippen molar-refractivity contribution in [3.05, 3.63) is 41.3 Å². The minimum atomic E-state index is -0.0659. The van der Waals surface area contributed by atoms with Crippen LogP contribution >= 0.6 is 0 Å². The molecule has 2 aromatic rings. The van der Waals surface area contributed by atoms with Crippen molar-refractivity contribution in [1.29, 1.82) is 0 Å². The van der Waals surface area contributed by atoms with Gasteiger partial charge in [0.15, 0.2) is 0 Å². The number of rotatable bonds is 1. The third-order valence-corrected chi connectivity index (χ3v) is 4.12. The van der Waals surface area contributed by atoms with Crippen molar-refractivity contribution >= 4 is 10.9 Å².